The first-order valence-electron chi connectivity index (χ1n) is 6.98. The van der Waals surface area contributed by atoms with E-state index >= 15 is 0 Å². The predicted molar refractivity (Wildman–Crippen MR) is 86.7 cm³/mol. The minimum Gasteiger partial charge on any atom is -0.321 e. The summed E-state index contributed by atoms with van der Waals surface area (Å²) in [4.78, 5) is 27.8. The van der Waals surface area contributed by atoms with Crippen LogP contribution in [0.1, 0.15) is 23.7 Å². The number of para-hydroxylation sites is 2. The zero-order valence-electron chi connectivity index (χ0n) is 12.2. The molecule has 5 nitrogen and oxygen atoms in total. The molecule has 0 fully saturated rings. The number of pyridine rings is 1. The zero-order chi connectivity index (χ0) is 15.8. The number of carbonyl (C=O) groups is 2. The molecule has 0 unspecified atom stereocenters. The fraction of sp³-hybridized carbons (Fsp3) is 0.118. The van der Waals surface area contributed by atoms with Crippen LogP contribution in [-0.4, -0.2) is 16.8 Å². The molecule has 0 aliphatic carbocycles. The number of hydrogen-bond acceptors (Lipinski definition) is 3. The van der Waals surface area contributed by atoms with Crippen LogP contribution in [0, 0.1) is 0 Å². The Labute approximate surface area is 129 Å². The van der Waals surface area contributed by atoms with Gasteiger partial charge in [-0.2, -0.15) is 0 Å². The Bertz CT molecular complexity index is 681. The number of anilines is 2. The first kappa shape index (κ1) is 15.4. The molecule has 2 aromatic rings. The number of carbonyl (C=O) groups excluding carboxylic acids is 2. The summed E-state index contributed by atoms with van der Waals surface area (Å²) in [6, 6.07) is 10.4. The summed E-state index contributed by atoms with van der Waals surface area (Å²) in [5.41, 5.74) is 1.54. The van der Waals surface area contributed by atoms with E-state index in [-0.39, 0.29) is 11.8 Å². The number of nitrogens with one attached hydrogen (secondary N) is 2. The molecule has 0 aliphatic rings. The number of hydrogen-bond donors (Lipinski definition) is 2. The standard InChI is InChI=1S/C17H17N3O2/c1-2-3-10-16(21)19-14-8-4-5-9-15(14)20-17(22)13-7-6-11-18-12-13/h3-12H,2H2,1H3,(H,19,21)(H,20,22)/b10-3+. The van der Waals surface area contributed by atoms with Gasteiger partial charge in [-0.1, -0.05) is 25.1 Å². The maximum atomic E-state index is 12.1. The summed E-state index contributed by atoms with van der Waals surface area (Å²) in [6.45, 7) is 1.95. The molecular formula is C17H17N3O2. The molecule has 0 aliphatic heterocycles. The lowest BCUT2D eigenvalue weighted by Crippen LogP contribution is -2.15. The van der Waals surface area contributed by atoms with Crippen LogP contribution in [0.25, 0.3) is 0 Å². The van der Waals surface area contributed by atoms with E-state index in [4.69, 9.17) is 0 Å². The molecule has 112 valence electrons. The third-order valence-electron chi connectivity index (χ3n) is 2.86. The van der Waals surface area contributed by atoms with E-state index in [0.29, 0.717) is 16.9 Å². The fourth-order valence-electron chi connectivity index (χ4n) is 1.79. The second-order valence-electron chi connectivity index (χ2n) is 4.54. The molecule has 2 amide bonds. The van der Waals surface area contributed by atoms with Crippen LogP contribution in [0.4, 0.5) is 11.4 Å². The van der Waals surface area contributed by atoms with Crippen molar-refractivity contribution in [3.63, 3.8) is 0 Å². The lowest BCUT2D eigenvalue weighted by atomic mass is 10.2. The van der Waals surface area contributed by atoms with Crippen LogP contribution in [0.2, 0.25) is 0 Å². The molecule has 2 N–H and O–H groups in total. The van der Waals surface area contributed by atoms with Crippen LogP contribution in [0.15, 0.2) is 60.9 Å². The predicted octanol–water partition coefficient (Wildman–Crippen LogP) is 3.24. The van der Waals surface area contributed by atoms with Gasteiger partial charge < -0.3 is 10.6 Å². The third-order valence-corrected chi connectivity index (χ3v) is 2.86. The van der Waals surface area contributed by atoms with Gasteiger partial charge in [0.15, 0.2) is 0 Å². The van der Waals surface area contributed by atoms with E-state index in [1.54, 1.807) is 48.7 Å². The monoisotopic (exact) mass is 295 g/mol. The minimum absolute atomic E-state index is 0.232. The number of nitrogens with zero attached hydrogens (tertiary/aromatic N) is 1. The highest BCUT2D eigenvalue weighted by molar-refractivity contribution is 6.08. The van der Waals surface area contributed by atoms with Gasteiger partial charge in [-0.15, -0.1) is 0 Å². The first-order valence-corrected chi connectivity index (χ1v) is 6.98. The van der Waals surface area contributed by atoms with Crippen molar-refractivity contribution in [1.82, 2.24) is 4.98 Å². The summed E-state index contributed by atoms with van der Waals surface area (Å²) in [7, 11) is 0. The topological polar surface area (TPSA) is 71.1 Å². The van der Waals surface area contributed by atoms with Gasteiger partial charge in [0, 0.05) is 12.4 Å². The molecule has 1 aromatic heterocycles. The highest BCUT2D eigenvalue weighted by atomic mass is 16.2. The molecule has 1 heterocycles. The van der Waals surface area contributed by atoms with E-state index in [9.17, 15) is 9.59 Å². The lowest BCUT2D eigenvalue weighted by molar-refractivity contribution is -0.111. The van der Waals surface area contributed by atoms with E-state index in [2.05, 4.69) is 15.6 Å². The minimum atomic E-state index is -0.279. The lowest BCUT2D eigenvalue weighted by Gasteiger charge is -2.11. The quantitative estimate of drug-likeness (QED) is 0.832. The van der Waals surface area contributed by atoms with E-state index in [0.717, 1.165) is 6.42 Å². The first-order chi connectivity index (χ1) is 10.7. The van der Waals surface area contributed by atoms with Gasteiger partial charge in [-0.25, -0.2) is 0 Å². The molecule has 2 rings (SSSR count). The summed E-state index contributed by atoms with van der Waals surface area (Å²) in [5.74, 6) is -0.510. The Morgan fingerprint density at radius 3 is 2.45 bits per heavy atom. The normalized spacial score (nSPS) is 10.4. The van der Waals surface area contributed by atoms with E-state index in [1.165, 1.54) is 12.3 Å². The van der Waals surface area contributed by atoms with Crippen molar-refractivity contribution >= 4 is 23.2 Å². The molecule has 0 spiro atoms. The number of aromatic nitrogens is 1. The van der Waals surface area contributed by atoms with Crippen LogP contribution in [-0.2, 0) is 4.79 Å². The molecular weight excluding hydrogens is 278 g/mol. The van der Waals surface area contributed by atoms with Crippen molar-refractivity contribution in [3.05, 3.63) is 66.5 Å². The summed E-state index contributed by atoms with van der Waals surface area (Å²) in [6.07, 6.45) is 7.12. The van der Waals surface area contributed by atoms with E-state index in [1.807, 2.05) is 6.92 Å². The number of amides is 2. The zero-order valence-corrected chi connectivity index (χ0v) is 12.2. The molecule has 0 saturated heterocycles. The molecule has 1 aromatic carbocycles. The van der Waals surface area contributed by atoms with Gasteiger partial charge in [-0.05, 0) is 36.8 Å². The number of rotatable bonds is 5. The van der Waals surface area contributed by atoms with Gasteiger partial charge in [0.25, 0.3) is 5.91 Å². The van der Waals surface area contributed by atoms with Gasteiger partial charge in [-0.3, -0.25) is 14.6 Å². The van der Waals surface area contributed by atoms with Crippen LogP contribution in [0.3, 0.4) is 0 Å². The Morgan fingerprint density at radius 1 is 1.09 bits per heavy atom. The Hall–Kier alpha value is -2.95. The number of allylic oxidation sites excluding steroid dienone is 1. The van der Waals surface area contributed by atoms with Gasteiger partial charge in [0.2, 0.25) is 5.91 Å². The smallest absolute Gasteiger partial charge is 0.257 e. The second kappa shape index (κ2) is 7.73. The molecule has 0 atom stereocenters. The SMILES string of the molecule is CC/C=C/C(=O)Nc1ccccc1NC(=O)c1cccnc1. The second-order valence-corrected chi connectivity index (χ2v) is 4.54. The Balaban J connectivity index is 2.13. The van der Waals surface area contributed by atoms with E-state index < -0.39 is 0 Å². The van der Waals surface area contributed by atoms with Crippen molar-refractivity contribution in [2.24, 2.45) is 0 Å². The van der Waals surface area contributed by atoms with Gasteiger partial charge >= 0.3 is 0 Å². The van der Waals surface area contributed by atoms with Crippen molar-refractivity contribution < 1.29 is 9.59 Å². The van der Waals surface area contributed by atoms with Crippen LogP contribution >= 0.6 is 0 Å². The van der Waals surface area contributed by atoms with Crippen LogP contribution < -0.4 is 10.6 Å². The van der Waals surface area contributed by atoms with Crippen molar-refractivity contribution in [3.8, 4) is 0 Å². The molecule has 0 saturated carbocycles. The molecule has 0 bridgehead atoms. The van der Waals surface area contributed by atoms with Gasteiger partial charge in [0.05, 0.1) is 16.9 Å². The maximum Gasteiger partial charge on any atom is 0.257 e. The largest absolute Gasteiger partial charge is 0.321 e. The Morgan fingerprint density at radius 2 is 1.82 bits per heavy atom. The molecule has 5 heteroatoms. The molecule has 22 heavy (non-hydrogen) atoms. The fourth-order valence-corrected chi connectivity index (χ4v) is 1.79. The van der Waals surface area contributed by atoms with Crippen molar-refractivity contribution in [2.45, 2.75) is 13.3 Å². The maximum absolute atomic E-state index is 12.1. The van der Waals surface area contributed by atoms with Crippen molar-refractivity contribution in [1.29, 1.82) is 0 Å². The molecule has 0 radical (unpaired) electrons. The summed E-state index contributed by atoms with van der Waals surface area (Å²) < 4.78 is 0. The average Bonchev–Trinajstić information content (AvgIpc) is 2.55. The highest BCUT2D eigenvalue weighted by Crippen LogP contribution is 2.21. The highest BCUT2D eigenvalue weighted by Gasteiger charge is 2.09. The summed E-state index contributed by atoms with van der Waals surface area (Å²) >= 11 is 0. The third kappa shape index (κ3) is 4.28. The van der Waals surface area contributed by atoms with Gasteiger partial charge in [0.1, 0.15) is 0 Å². The summed E-state index contributed by atoms with van der Waals surface area (Å²) in [5, 5.41) is 5.52. The van der Waals surface area contributed by atoms with Crippen molar-refractivity contribution in [2.75, 3.05) is 10.6 Å². The van der Waals surface area contributed by atoms with Crippen LogP contribution in [0.5, 0.6) is 0 Å². The number of benzene rings is 1. The average molecular weight is 295 g/mol. The Kier molecular flexibility index (Phi) is 5.43.